The van der Waals surface area contributed by atoms with Gasteiger partial charge in [-0.05, 0) is 18.2 Å². The van der Waals surface area contributed by atoms with Crippen molar-refractivity contribution in [2.45, 2.75) is 4.90 Å². The van der Waals surface area contributed by atoms with E-state index in [1.165, 1.54) is 18.2 Å². The van der Waals surface area contributed by atoms with Crippen LogP contribution in [0.5, 0.6) is 0 Å². The molecule has 0 aliphatic carbocycles. The number of anilines is 1. The van der Waals surface area contributed by atoms with E-state index in [9.17, 15) is 18.5 Å². The average Bonchev–Trinajstić information content (AvgIpc) is 2.96. The molecule has 3 rings (SSSR count). The molecule has 0 atom stereocenters. The summed E-state index contributed by atoms with van der Waals surface area (Å²) >= 11 is 0. The highest BCUT2D eigenvalue weighted by molar-refractivity contribution is 7.92. The van der Waals surface area contributed by atoms with E-state index in [1.54, 1.807) is 24.4 Å². The molecule has 1 aromatic heterocycles. The molecule has 0 fully saturated rings. The second-order valence-electron chi connectivity index (χ2n) is 4.58. The summed E-state index contributed by atoms with van der Waals surface area (Å²) in [4.78, 5) is 12.8. The number of nitrogens with one attached hydrogen (secondary N) is 2. The maximum absolute atomic E-state index is 12.5. The Morgan fingerprint density at radius 1 is 1.05 bits per heavy atom. The van der Waals surface area contributed by atoms with Crippen LogP contribution in [0.2, 0.25) is 0 Å². The number of rotatable bonds is 4. The summed E-state index contributed by atoms with van der Waals surface area (Å²) < 4.78 is 27.3. The van der Waals surface area contributed by atoms with Crippen LogP contribution in [0.3, 0.4) is 0 Å². The average molecular weight is 317 g/mol. The van der Waals surface area contributed by atoms with Crippen molar-refractivity contribution in [1.29, 1.82) is 0 Å². The maximum atomic E-state index is 12.5. The molecule has 2 N–H and O–H groups in total. The topological polar surface area (TPSA) is 105 Å². The standard InChI is InChI=1S/C14H11N3O4S/c18-17(19)12-6-1-2-7-13(12)22(20,21)16-11-5-3-4-10-8-9-15-14(10)11/h1-9,15-16H. The van der Waals surface area contributed by atoms with E-state index in [4.69, 9.17) is 0 Å². The number of nitro groups is 1. The molecule has 0 saturated carbocycles. The fraction of sp³-hybridized carbons (Fsp3) is 0. The molecule has 2 aromatic carbocycles. The third-order valence-corrected chi connectivity index (χ3v) is 4.60. The monoisotopic (exact) mass is 317 g/mol. The Bertz CT molecular complexity index is 963. The van der Waals surface area contributed by atoms with Crippen LogP contribution >= 0.6 is 0 Å². The third kappa shape index (κ3) is 2.40. The smallest absolute Gasteiger partial charge is 0.289 e. The number of nitro benzene ring substituents is 1. The zero-order valence-electron chi connectivity index (χ0n) is 11.2. The van der Waals surface area contributed by atoms with Gasteiger partial charge < -0.3 is 4.98 Å². The van der Waals surface area contributed by atoms with Gasteiger partial charge in [-0.15, -0.1) is 0 Å². The quantitative estimate of drug-likeness (QED) is 0.570. The number of hydrogen-bond acceptors (Lipinski definition) is 4. The molecule has 3 aromatic rings. The van der Waals surface area contributed by atoms with Crippen LogP contribution in [0, 0.1) is 10.1 Å². The first-order chi connectivity index (χ1) is 10.5. The molecule has 8 heteroatoms. The minimum atomic E-state index is -4.07. The van der Waals surface area contributed by atoms with Crippen LogP contribution in [0.25, 0.3) is 10.9 Å². The molecule has 0 aliphatic heterocycles. The lowest BCUT2D eigenvalue weighted by molar-refractivity contribution is -0.387. The first-order valence-corrected chi connectivity index (χ1v) is 7.80. The normalized spacial score (nSPS) is 11.5. The molecule has 7 nitrogen and oxygen atoms in total. The minimum absolute atomic E-state index is 0.334. The van der Waals surface area contributed by atoms with E-state index in [0.29, 0.717) is 11.2 Å². The summed E-state index contributed by atoms with van der Waals surface area (Å²) in [6.45, 7) is 0. The van der Waals surface area contributed by atoms with E-state index < -0.39 is 20.6 Å². The number of nitrogens with zero attached hydrogens (tertiary/aromatic N) is 1. The van der Waals surface area contributed by atoms with Gasteiger partial charge in [-0.25, -0.2) is 8.42 Å². The zero-order valence-corrected chi connectivity index (χ0v) is 12.0. The van der Waals surface area contributed by atoms with Gasteiger partial charge in [-0.1, -0.05) is 24.3 Å². The van der Waals surface area contributed by atoms with E-state index >= 15 is 0 Å². The molecule has 0 spiro atoms. The molecule has 0 unspecified atom stereocenters. The number of fused-ring (bicyclic) bond motifs is 1. The van der Waals surface area contributed by atoms with Gasteiger partial charge in [0.05, 0.1) is 16.1 Å². The minimum Gasteiger partial charge on any atom is -0.359 e. The summed E-state index contributed by atoms with van der Waals surface area (Å²) in [7, 11) is -4.07. The van der Waals surface area contributed by atoms with Crippen molar-refractivity contribution in [1.82, 2.24) is 4.98 Å². The van der Waals surface area contributed by atoms with Gasteiger partial charge in [0.1, 0.15) is 0 Å². The molecule has 0 aliphatic rings. The molecular formula is C14H11N3O4S. The predicted octanol–water partition coefficient (Wildman–Crippen LogP) is 2.88. The molecule has 0 saturated heterocycles. The van der Waals surface area contributed by atoms with Crippen LogP contribution in [0.1, 0.15) is 0 Å². The van der Waals surface area contributed by atoms with Crippen LogP contribution in [0.15, 0.2) is 59.6 Å². The summed E-state index contributed by atoms with van der Waals surface area (Å²) in [5.74, 6) is 0. The van der Waals surface area contributed by atoms with Gasteiger partial charge in [0.15, 0.2) is 4.90 Å². The summed E-state index contributed by atoms with van der Waals surface area (Å²) in [6, 6.07) is 12.1. The lowest BCUT2D eigenvalue weighted by Gasteiger charge is -2.09. The molecule has 112 valence electrons. The highest BCUT2D eigenvalue weighted by atomic mass is 32.2. The fourth-order valence-electron chi connectivity index (χ4n) is 2.20. The highest BCUT2D eigenvalue weighted by Gasteiger charge is 2.25. The Labute approximate surface area is 125 Å². The lowest BCUT2D eigenvalue weighted by atomic mass is 10.2. The van der Waals surface area contributed by atoms with Crippen molar-refractivity contribution in [3.63, 3.8) is 0 Å². The van der Waals surface area contributed by atoms with E-state index in [2.05, 4.69) is 9.71 Å². The van der Waals surface area contributed by atoms with Gasteiger partial charge in [0, 0.05) is 17.6 Å². The first kappa shape index (κ1) is 14.1. The number of H-pyrrole nitrogens is 1. The zero-order chi connectivity index (χ0) is 15.7. The van der Waals surface area contributed by atoms with E-state index in [1.807, 2.05) is 6.07 Å². The number of para-hydroxylation sites is 2. The van der Waals surface area contributed by atoms with Crippen LogP contribution in [-0.4, -0.2) is 18.3 Å². The van der Waals surface area contributed by atoms with E-state index in [-0.39, 0.29) is 4.90 Å². The summed E-state index contributed by atoms with van der Waals surface area (Å²) in [5, 5.41) is 11.8. The number of sulfonamides is 1. The third-order valence-electron chi connectivity index (χ3n) is 3.18. The van der Waals surface area contributed by atoms with Gasteiger partial charge in [-0.3, -0.25) is 14.8 Å². The van der Waals surface area contributed by atoms with Gasteiger partial charge in [0.2, 0.25) is 0 Å². The summed E-state index contributed by atoms with van der Waals surface area (Å²) in [6.07, 6.45) is 1.69. The highest BCUT2D eigenvalue weighted by Crippen LogP contribution is 2.28. The lowest BCUT2D eigenvalue weighted by Crippen LogP contribution is -2.14. The van der Waals surface area contributed by atoms with Crippen LogP contribution in [0.4, 0.5) is 11.4 Å². The maximum Gasteiger partial charge on any atom is 0.289 e. The number of benzene rings is 2. The second-order valence-corrected chi connectivity index (χ2v) is 6.23. The molecule has 22 heavy (non-hydrogen) atoms. The molecule has 0 bridgehead atoms. The van der Waals surface area contributed by atoms with Crippen molar-refractivity contribution < 1.29 is 13.3 Å². The van der Waals surface area contributed by atoms with Crippen molar-refractivity contribution in [3.8, 4) is 0 Å². The Kier molecular flexibility index (Phi) is 3.30. The van der Waals surface area contributed by atoms with Crippen molar-refractivity contribution in [2.24, 2.45) is 0 Å². The molecular weight excluding hydrogens is 306 g/mol. The van der Waals surface area contributed by atoms with Gasteiger partial charge in [-0.2, -0.15) is 0 Å². The Morgan fingerprint density at radius 3 is 2.59 bits per heavy atom. The molecule has 0 radical (unpaired) electrons. The number of hydrogen-bond donors (Lipinski definition) is 2. The molecule has 1 heterocycles. The number of aromatic amines is 1. The Hall–Kier alpha value is -2.87. The van der Waals surface area contributed by atoms with Crippen molar-refractivity contribution in [2.75, 3.05) is 4.72 Å². The summed E-state index contributed by atoms with van der Waals surface area (Å²) in [5.41, 5.74) is 0.485. The largest absolute Gasteiger partial charge is 0.359 e. The number of aromatic nitrogens is 1. The Balaban J connectivity index is 2.08. The second kappa shape index (κ2) is 5.15. The Morgan fingerprint density at radius 2 is 1.82 bits per heavy atom. The van der Waals surface area contributed by atoms with Crippen molar-refractivity contribution >= 4 is 32.3 Å². The van der Waals surface area contributed by atoms with Crippen molar-refractivity contribution in [3.05, 3.63) is 64.8 Å². The van der Waals surface area contributed by atoms with Crippen LogP contribution in [-0.2, 0) is 10.0 Å². The van der Waals surface area contributed by atoms with Crippen LogP contribution < -0.4 is 4.72 Å². The SMILES string of the molecule is O=[N+]([O-])c1ccccc1S(=O)(=O)Nc1cccc2cc[nH]c12. The van der Waals surface area contributed by atoms with Gasteiger partial charge >= 0.3 is 0 Å². The fourth-order valence-corrected chi connectivity index (χ4v) is 3.45. The van der Waals surface area contributed by atoms with E-state index in [0.717, 1.165) is 11.5 Å². The first-order valence-electron chi connectivity index (χ1n) is 6.31. The molecule has 0 amide bonds. The predicted molar refractivity (Wildman–Crippen MR) is 82.2 cm³/mol. The van der Waals surface area contributed by atoms with Gasteiger partial charge in [0.25, 0.3) is 15.7 Å².